The van der Waals surface area contributed by atoms with Crippen molar-refractivity contribution in [3.8, 4) is 0 Å². The van der Waals surface area contributed by atoms with Gasteiger partial charge in [-0.1, -0.05) is 26.7 Å². The van der Waals surface area contributed by atoms with Crippen molar-refractivity contribution in [2.75, 3.05) is 20.1 Å². The number of hydrogen-bond donors (Lipinski definition) is 2. The molecule has 0 bridgehead atoms. The number of nitrogens with zero attached hydrogens (tertiary/aromatic N) is 1. The Morgan fingerprint density at radius 1 is 1.18 bits per heavy atom. The highest BCUT2D eigenvalue weighted by Crippen LogP contribution is 2.33. The van der Waals surface area contributed by atoms with Crippen LogP contribution in [0.5, 0.6) is 0 Å². The molecule has 0 spiro atoms. The lowest BCUT2D eigenvalue weighted by molar-refractivity contribution is 0.548. The number of aliphatic imine (C=N–C) groups is 1. The molecule has 1 aliphatic carbocycles. The maximum Gasteiger partial charge on any atom is 0.190 e. The molecule has 17 heavy (non-hydrogen) atoms. The zero-order chi connectivity index (χ0) is 12.5. The quantitative estimate of drug-likeness (QED) is 0.388. The third-order valence-corrected chi connectivity index (χ3v) is 3.25. The Morgan fingerprint density at radius 3 is 2.35 bits per heavy atom. The number of guanidine groups is 1. The molecular weight excluding hydrogens is 210 g/mol. The van der Waals surface area contributed by atoms with Crippen LogP contribution in [0.2, 0.25) is 0 Å². The molecule has 1 aliphatic rings. The Bertz CT molecular complexity index is 208. The molecule has 0 saturated heterocycles. The van der Waals surface area contributed by atoms with E-state index in [9.17, 15) is 0 Å². The topological polar surface area (TPSA) is 36.4 Å². The van der Waals surface area contributed by atoms with E-state index in [1.165, 1.54) is 38.5 Å². The SMILES string of the molecule is CN=C(NCCCC(C)C)NCCCC1CC1. The van der Waals surface area contributed by atoms with Gasteiger partial charge >= 0.3 is 0 Å². The minimum atomic E-state index is 0.797. The fourth-order valence-corrected chi connectivity index (χ4v) is 1.94. The molecule has 100 valence electrons. The molecule has 3 heteroatoms. The summed E-state index contributed by atoms with van der Waals surface area (Å²) >= 11 is 0. The number of rotatable bonds is 8. The third-order valence-electron chi connectivity index (χ3n) is 3.25. The van der Waals surface area contributed by atoms with Gasteiger partial charge in [-0.15, -0.1) is 0 Å². The molecule has 0 atom stereocenters. The molecule has 1 saturated carbocycles. The lowest BCUT2D eigenvalue weighted by Gasteiger charge is -2.12. The maximum absolute atomic E-state index is 4.23. The standard InChI is InChI=1S/C14H29N3/c1-12(2)6-4-10-16-14(15-3)17-11-5-7-13-8-9-13/h12-13H,4-11H2,1-3H3,(H2,15,16,17). The fourth-order valence-electron chi connectivity index (χ4n) is 1.94. The van der Waals surface area contributed by atoms with Crippen LogP contribution in [0.1, 0.15) is 52.4 Å². The van der Waals surface area contributed by atoms with Crippen LogP contribution in [-0.2, 0) is 0 Å². The summed E-state index contributed by atoms with van der Waals surface area (Å²) in [4.78, 5) is 4.23. The normalized spacial score (nSPS) is 16.4. The minimum Gasteiger partial charge on any atom is -0.356 e. The van der Waals surface area contributed by atoms with Crippen molar-refractivity contribution in [1.82, 2.24) is 10.6 Å². The number of nitrogens with one attached hydrogen (secondary N) is 2. The van der Waals surface area contributed by atoms with E-state index in [-0.39, 0.29) is 0 Å². The van der Waals surface area contributed by atoms with Crippen LogP contribution >= 0.6 is 0 Å². The van der Waals surface area contributed by atoms with E-state index < -0.39 is 0 Å². The van der Waals surface area contributed by atoms with Gasteiger partial charge < -0.3 is 10.6 Å². The van der Waals surface area contributed by atoms with Gasteiger partial charge in [0.1, 0.15) is 0 Å². The highest BCUT2D eigenvalue weighted by molar-refractivity contribution is 5.79. The molecule has 0 aromatic carbocycles. The van der Waals surface area contributed by atoms with Gasteiger partial charge in [0, 0.05) is 20.1 Å². The van der Waals surface area contributed by atoms with Gasteiger partial charge in [0.25, 0.3) is 0 Å². The zero-order valence-corrected chi connectivity index (χ0v) is 11.8. The zero-order valence-electron chi connectivity index (χ0n) is 11.8. The van der Waals surface area contributed by atoms with Crippen LogP contribution in [-0.4, -0.2) is 26.1 Å². The summed E-state index contributed by atoms with van der Waals surface area (Å²) in [5.74, 6) is 2.80. The van der Waals surface area contributed by atoms with Crippen molar-refractivity contribution in [2.24, 2.45) is 16.8 Å². The largest absolute Gasteiger partial charge is 0.356 e. The Hall–Kier alpha value is -0.730. The van der Waals surface area contributed by atoms with Gasteiger partial charge in [0.05, 0.1) is 0 Å². The summed E-state index contributed by atoms with van der Waals surface area (Å²) in [6.45, 7) is 6.62. The first-order valence-electron chi connectivity index (χ1n) is 7.17. The van der Waals surface area contributed by atoms with Gasteiger partial charge in [-0.05, 0) is 37.5 Å². The van der Waals surface area contributed by atoms with E-state index in [0.717, 1.165) is 30.9 Å². The van der Waals surface area contributed by atoms with E-state index >= 15 is 0 Å². The highest BCUT2D eigenvalue weighted by atomic mass is 15.2. The highest BCUT2D eigenvalue weighted by Gasteiger charge is 2.19. The predicted molar refractivity (Wildman–Crippen MR) is 75.4 cm³/mol. The first-order chi connectivity index (χ1) is 8.22. The first kappa shape index (κ1) is 14.3. The van der Waals surface area contributed by atoms with E-state index in [1.807, 2.05) is 7.05 Å². The number of hydrogen-bond acceptors (Lipinski definition) is 1. The Morgan fingerprint density at radius 2 is 1.82 bits per heavy atom. The van der Waals surface area contributed by atoms with Gasteiger partial charge in [0.2, 0.25) is 0 Å². The van der Waals surface area contributed by atoms with Crippen molar-refractivity contribution >= 4 is 5.96 Å². The van der Waals surface area contributed by atoms with Gasteiger partial charge in [-0.2, -0.15) is 0 Å². The van der Waals surface area contributed by atoms with Crippen LogP contribution in [0.25, 0.3) is 0 Å². The molecule has 0 amide bonds. The molecular formula is C14H29N3. The van der Waals surface area contributed by atoms with E-state index in [0.29, 0.717) is 0 Å². The van der Waals surface area contributed by atoms with Gasteiger partial charge in [0.15, 0.2) is 5.96 Å². The average Bonchev–Trinajstić information content (AvgIpc) is 3.10. The van der Waals surface area contributed by atoms with Crippen LogP contribution in [0.4, 0.5) is 0 Å². The lowest BCUT2D eigenvalue weighted by atomic mass is 10.1. The third kappa shape index (κ3) is 8.06. The molecule has 0 heterocycles. The van der Waals surface area contributed by atoms with Crippen molar-refractivity contribution in [1.29, 1.82) is 0 Å². The van der Waals surface area contributed by atoms with Crippen molar-refractivity contribution in [3.05, 3.63) is 0 Å². The summed E-state index contributed by atoms with van der Waals surface area (Å²) in [6.07, 6.45) is 8.09. The molecule has 1 fully saturated rings. The second kappa shape index (κ2) is 8.37. The van der Waals surface area contributed by atoms with Crippen LogP contribution in [0, 0.1) is 11.8 Å². The summed E-state index contributed by atoms with van der Waals surface area (Å²) < 4.78 is 0. The first-order valence-corrected chi connectivity index (χ1v) is 7.17. The average molecular weight is 239 g/mol. The van der Waals surface area contributed by atoms with E-state index in [4.69, 9.17) is 0 Å². The molecule has 1 rings (SSSR count). The molecule has 0 aromatic heterocycles. The van der Waals surface area contributed by atoms with Crippen LogP contribution < -0.4 is 10.6 Å². The molecule has 0 unspecified atom stereocenters. The molecule has 3 nitrogen and oxygen atoms in total. The summed E-state index contributed by atoms with van der Waals surface area (Å²) in [5.41, 5.74) is 0. The Labute approximate surface area is 106 Å². The summed E-state index contributed by atoms with van der Waals surface area (Å²) in [6, 6.07) is 0. The fraction of sp³-hybridized carbons (Fsp3) is 0.929. The molecule has 0 aliphatic heterocycles. The predicted octanol–water partition coefficient (Wildman–Crippen LogP) is 2.78. The van der Waals surface area contributed by atoms with E-state index in [2.05, 4.69) is 29.5 Å². The second-order valence-corrected chi connectivity index (χ2v) is 5.55. The van der Waals surface area contributed by atoms with Crippen molar-refractivity contribution < 1.29 is 0 Å². The van der Waals surface area contributed by atoms with Gasteiger partial charge in [-0.25, -0.2) is 0 Å². The smallest absolute Gasteiger partial charge is 0.190 e. The van der Waals surface area contributed by atoms with E-state index in [1.54, 1.807) is 0 Å². The van der Waals surface area contributed by atoms with Crippen molar-refractivity contribution in [3.63, 3.8) is 0 Å². The Balaban J connectivity index is 1.94. The van der Waals surface area contributed by atoms with Crippen LogP contribution in [0.3, 0.4) is 0 Å². The Kier molecular flexibility index (Phi) is 7.06. The summed E-state index contributed by atoms with van der Waals surface area (Å²) in [7, 11) is 1.85. The maximum atomic E-state index is 4.23. The second-order valence-electron chi connectivity index (χ2n) is 5.55. The molecule has 0 aromatic rings. The van der Waals surface area contributed by atoms with Crippen LogP contribution in [0.15, 0.2) is 4.99 Å². The van der Waals surface area contributed by atoms with Gasteiger partial charge in [-0.3, -0.25) is 4.99 Å². The molecule has 0 radical (unpaired) electrons. The minimum absolute atomic E-state index is 0.797. The molecule has 2 N–H and O–H groups in total. The lowest BCUT2D eigenvalue weighted by Crippen LogP contribution is -2.38. The summed E-state index contributed by atoms with van der Waals surface area (Å²) in [5, 5.41) is 6.75. The van der Waals surface area contributed by atoms with Crippen molar-refractivity contribution in [2.45, 2.75) is 52.4 Å². The monoisotopic (exact) mass is 239 g/mol.